The molecule has 0 amide bonds. The van der Waals surface area contributed by atoms with E-state index in [0.29, 0.717) is 5.69 Å². The minimum atomic E-state index is -1.54. The van der Waals surface area contributed by atoms with Gasteiger partial charge in [-0.1, -0.05) is 96.2 Å². The number of esters is 4. The zero-order chi connectivity index (χ0) is 51.9. The van der Waals surface area contributed by atoms with Crippen molar-refractivity contribution in [1.29, 1.82) is 0 Å². The van der Waals surface area contributed by atoms with Crippen molar-refractivity contribution in [2.75, 3.05) is 6.61 Å². The lowest BCUT2D eigenvalue weighted by Crippen LogP contribution is -2.62. The Morgan fingerprint density at radius 1 is 0.507 bits per heavy atom. The van der Waals surface area contributed by atoms with Crippen molar-refractivity contribution >= 4 is 23.9 Å². The quantitative estimate of drug-likeness (QED) is 0.0766. The van der Waals surface area contributed by atoms with Crippen LogP contribution in [0.2, 0.25) is 0 Å². The Labute approximate surface area is 418 Å². The van der Waals surface area contributed by atoms with E-state index in [0.717, 1.165) is 16.7 Å². The highest BCUT2D eigenvalue weighted by molar-refractivity contribution is 5.78. The Hall–Kier alpha value is -5.52. The first-order chi connectivity index (χ1) is 33.3. The maximum Gasteiger partial charge on any atom is 0.311 e. The van der Waals surface area contributed by atoms with Crippen LogP contribution < -0.4 is 0 Å². The van der Waals surface area contributed by atoms with E-state index in [1.54, 1.807) is 83.1 Å². The molecule has 10 atom stereocenters. The van der Waals surface area contributed by atoms with Gasteiger partial charge in [-0.15, -0.1) is 5.10 Å². The largest absolute Gasteiger partial charge is 0.462 e. The maximum atomic E-state index is 14.2. The molecule has 4 aromatic rings. The lowest BCUT2D eigenvalue weighted by Gasteiger charge is -2.47. The zero-order valence-electron chi connectivity index (χ0n) is 43.5. The number of hydrogen-bond acceptors (Lipinski definition) is 15. The maximum absolute atomic E-state index is 14.2. The van der Waals surface area contributed by atoms with Crippen molar-refractivity contribution < 1.29 is 61.8 Å². The third-order valence-corrected chi connectivity index (χ3v) is 11.9. The van der Waals surface area contributed by atoms with E-state index in [1.165, 1.54) is 10.9 Å². The second kappa shape index (κ2) is 22.9. The summed E-state index contributed by atoms with van der Waals surface area (Å²) in [7, 11) is 0. The fourth-order valence-corrected chi connectivity index (χ4v) is 7.71. The highest BCUT2D eigenvalue weighted by atomic mass is 16.7. The molecule has 2 fully saturated rings. The SMILES string of the molecule is C[C@@H]1O[C@@H](c2cnnn2[C@@H]2O[C@H](COC(=O)C(C)(C)C)[C@H](OC(=O)C(C)(C)C)[C@H](OC(=O)C(C)(C)C)[C@H]2OC(=O)C(C)(C)C)[C@@H](OCc2ccccc2)[C@H](OCc2ccccc2)[C@@H]1OCc1ccccc1. The molecule has 3 heterocycles. The van der Waals surface area contributed by atoms with Gasteiger partial charge in [-0.25, -0.2) is 4.68 Å². The summed E-state index contributed by atoms with van der Waals surface area (Å²) in [5.74, 6) is -2.63. The first-order valence-corrected chi connectivity index (χ1v) is 24.3. The van der Waals surface area contributed by atoms with Crippen molar-refractivity contribution in [1.82, 2.24) is 15.0 Å². The minimum Gasteiger partial charge on any atom is -0.462 e. The van der Waals surface area contributed by atoms with Crippen LogP contribution in [0, 0.1) is 21.7 Å². The van der Waals surface area contributed by atoms with Crippen LogP contribution in [-0.4, -0.2) is 94.3 Å². The molecule has 0 bridgehead atoms. The molecule has 0 radical (unpaired) electrons. The molecule has 0 spiro atoms. The summed E-state index contributed by atoms with van der Waals surface area (Å²) >= 11 is 0. The number of carbonyl (C=O) groups excluding carboxylic acids is 4. The molecule has 16 heteroatoms. The minimum absolute atomic E-state index is 0.149. The van der Waals surface area contributed by atoms with Crippen molar-refractivity contribution in [3.05, 3.63) is 120 Å². The van der Waals surface area contributed by atoms with Gasteiger partial charge in [0.25, 0.3) is 0 Å². The molecule has 71 heavy (non-hydrogen) atoms. The Morgan fingerprint density at radius 2 is 0.915 bits per heavy atom. The van der Waals surface area contributed by atoms with E-state index in [2.05, 4.69) is 10.3 Å². The molecule has 386 valence electrons. The van der Waals surface area contributed by atoms with Crippen LogP contribution in [0.25, 0.3) is 0 Å². The van der Waals surface area contributed by atoms with Crippen LogP contribution in [0.4, 0.5) is 0 Å². The molecular weight excluding hydrogens is 911 g/mol. The number of rotatable bonds is 16. The zero-order valence-corrected chi connectivity index (χ0v) is 43.5. The summed E-state index contributed by atoms with van der Waals surface area (Å²) in [6.07, 6.45) is -9.81. The Kier molecular flexibility index (Phi) is 17.7. The first kappa shape index (κ1) is 54.8. The monoisotopic (exact) mass is 984 g/mol. The van der Waals surface area contributed by atoms with Gasteiger partial charge in [0, 0.05) is 0 Å². The predicted molar refractivity (Wildman–Crippen MR) is 261 cm³/mol. The summed E-state index contributed by atoms with van der Waals surface area (Å²) in [5, 5.41) is 8.96. The van der Waals surface area contributed by atoms with Gasteiger partial charge >= 0.3 is 23.9 Å². The van der Waals surface area contributed by atoms with Crippen LogP contribution in [-0.2, 0) is 81.6 Å². The van der Waals surface area contributed by atoms with E-state index in [1.807, 2.05) is 97.9 Å². The summed E-state index contributed by atoms with van der Waals surface area (Å²) in [6, 6.07) is 29.2. The molecule has 1 aromatic heterocycles. The van der Waals surface area contributed by atoms with E-state index >= 15 is 0 Å². The van der Waals surface area contributed by atoms with Gasteiger partial charge in [0.1, 0.15) is 37.1 Å². The molecule has 0 unspecified atom stereocenters. The van der Waals surface area contributed by atoms with E-state index in [4.69, 9.17) is 42.6 Å². The standard InChI is InChI=1S/C55H73N3O13/c1-34-40(63-30-35-23-17-14-18-24-35)43(64-31-36-25-19-15-20-26-36)44(65-32-37-27-21-16-22-28-37)41(67-34)38-29-56-57-58(38)47-46(71-51(62)55(11,12)13)45(70-50(61)54(8,9)10)42(69-49(60)53(5,6)7)39(68-47)33-66-48(59)52(2,3)4/h14-29,34,39-47H,30-33H2,1-13H3/t34-,39+,40+,41-,42-,43+,44+,45-,46+,47+/m0/s1. The highest BCUT2D eigenvalue weighted by Gasteiger charge is 2.57. The van der Waals surface area contributed by atoms with Gasteiger partial charge in [-0.3, -0.25) is 19.2 Å². The van der Waals surface area contributed by atoms with Crippen molar-refractivity contribution in [2.45, 2.75) is 171 Å². The van der Waals surface area contributed by atoms with E-state index < -0.39 is 113 Å². The normalized spacial score (nSPS) is 25.2. The topological polar surface area (TPSA) is 182 Å². The number of carbonyl (C=O) groups is 4. The molecule has 2 saturated heterocycles. The van der Waals surface area contributed by atoms with Gasteiger partial charge in [-0.2, -0.15) is 0 Å². The molecular formula is C55H73N3O13. The Bertz CT molecular complexity index is 2370. The third kappa shape index (κ3) is 14.3. The Balaban J connectivity index is 1.51. The molecule has 0 saturated carbocycles. The van der Waals surface area contributed by atoms with Gasteiger partial charge in [-0.05, 0) is 107 Å². The second-order valence-electron chi connectivity index (χ2n) is 22.4. The smallest absolute Gasteiger partial charge is 0.311 e. The summed E-state index contributed by atoms with van der Waals surface area (Å²) < 4.78 is 60.7. The number of aromatic nitrogens is 3. The average Bonchev–Trinajstić information content (AvgIpc) is 3.80. The molecule has 2 aliphatic rings. The number of nitrogens with zero attached hydrogens (tertiary/aromatic N) is 3. The van der Waals surface area contributed by atoms with Crippen LogP contribution in [0.1, 0.15) is 125 Å². The third-order valence-electron chi connectivity index (χ3n) is 11.9. The number of benzene rings is 3. The van der Waals surface area contributed by atoms with Crippen LogP contribution in [0.3, 0.4) is 0 Å². The van der Waals surface area contributed by atoms with Crippen molar-refractivity contribution in [3.8, 4) is 0 Å². The summed E-state index contributed by atoms with van der Waals surface area (Å²) in [5.41, 5.74) is -1.08. The lowest BCUT2D eigenvalue weighted by molar-refractivity contribution is -0.282. The van der Waals surface area contributed by atoms with E-state index in [-0.39, 0.29) is 19.8 Å². The van der Waals surface area contributed by atoms with E-state index in [9.17, 15) is 19.2 Å². The second-order valence-corrected chi connectivity index (χ2v) is 22.4. The first-order valence-electron chi connectivity index (χ1n) is 24.3. The van der Waals surface area contributed by atoms with Crippen molar-refractivity contribution in [3.63, 3.8) is 0 Å². The highest BCUT2D eigenvalue weighted by Crippen LogP contribution is 2.43. The van der Waals surface area contributed by atoms with Gasteiger partial charge in [0.2, 0.25) is 0 Å². The Morgan fingerprint density at radius 3 is 1.37 bits per heavy atom. The molecule has 16 nitrogen and oxygen atoms in total. The van der Waals surface area contributed by atoms with Crippen LogP contribution in [0.5, 0.6) is 0 Å². The molecule has 2 aliphatic heterocycles. The van der Waals surface area contributed by atoms with Gasteiger partial charge < -0.3 is 42.6 Å². The number of ether oxygens (including phenoxy) is 9. The fraction of sp³-hybridized carbons (Fsp3) is 0.564. The molecule has 6 rings (SSSR count). The number of hydrogen-bond donors (Lipinski definition) is 0. The molecule has 0 N–H and O–H groups in total. The van der Waals surface area contributed by atoms with Crippen LogP contribution in [0.15, 0.2) is 97.2 Å². The van der Waals surface area contributed by atoms with Gasteiger partial charge in [0.15, 0.2) is 24.5 Å². The average molecular weight is 984 g/mol. The summed E-state index contributed by atoms with van der Waals surface area (Å²) in [4.78, 5) is 55.6. The van der Waals surface area contributed by atoms with Crippen LogP contribution >= 0.6 is 0 Å². The van der Waals surface area contributed by atoms with Crippen molar-refractivity contribution in [2.24, 2.45) is 21.7 Å². The lowest BCUT2D eigenvalue weighted by atomic mass is 9.91. The van der Waals surface area contributed by atoms with Gasteiger partial charge in [0.05, 0.1) is 59.5 Å². The molecule has 3 aromatic carbocycles. The molecule has 0 aliphatic carbocycles. The predicted octanol–water partition coefficient (Wildman–Crippen LogP) is 8.85. The summed E-state index contributed by atoms with van der Waals surface area (Å²) in [6.45, 7) is 22.2. The fourth-order valence-electron chi connectivity index (χ4n) is 7.71.